The molecule has 0 aromatic heterocycles. The standard InChI is InChI=1S/C20H19Br2ClN2O5/c1-8-2-3-9(4-12(8)23)24-13(26)7-30-14(27)6-25-19(28)15-10-5-11(16(15)20(25)29)18(22)17(10)21/h2-4,10-11,15-18H,5-7H2,1H3,(H,24,26)/t10-,11-,15-,16-,17-,18+/m1/s1. The second kappa shape index (κ2) is 8.24. The van der Waals surface area contributed by atoms with Crippen LogP contribution in [-0.2, 0) is 23.9 Å². The van der Waals surface area contributed by atoms with E-state index in [9.17, 15) is 19.2 Å². The van der Waals surface area contributed by atoms with Gasteiger partial charge in [-0.2, -0.15) is 0 Å². The van der Waals surface area contributed by atoms with Gasteiger partial charge < -0.3 is 10.1 Å². The van der Waals surface area contributed by atoms with E-state index in [0.29, 0.717) is 10.7 Å². The summed E-state index contributed by atoms with van der Waals surface area (Å²) in [6.45, 7) is 0.839. The van der Waals surface area contributed by atoms with Gasteiger partial charge in [0.05, 0.1) is 11.8 Å². The Balaban J connectivity index is 1.31. The Kier molecular flexibility index (Phi) is 5.98. The highest BCUT2D eigenvalue weighted by atomic mass is 79.9. The van der Waals surface area contributed by atoms with Crippen LogP contribution in [0.2, 0.25) is 5.02 Å². The van der Waals surface area contributed by atoms with Crippen LogP contribution in [0.5, 0.6) is 0 Å². The zero-order valence-corrected chi connectivity index (χ0v) is 19.9. The first-order valence-electron chi connectivity index (χ1n) is 9.54. The molecule has 7 nitrogen and oxygen atoms in total. The van der Waals surface area contributed by atoms with E-state index in [1.807, 2.05) is 6.92 Å². The van der Waals surface area contributed by atoms with Crippen LogP contribution in [0.25, 0.3) is 0 Å². The highest BCUT2D eigenvalue weighted by Gasteiger charge is 2.66. The number of alkyl halides is 2. The van der Waals surface area contributed by atoms with Crippen molar-refractivity contribution in [2.45, 2.75) is 23.0 Å². The second-order valence-electron chi connectivity index (χ2n) is 7.94. The normalized spacial score (nSPS) is 31.8. The molecule has 0 spiro atoms. The number of nitrogens with zero attached hydrogens (tertiary/aromatic N) is 1. The first-order valence-corrected chi connectivity index (χ1v) is 11.7. The molecule has 4 rings (SSSR count). The maximum Gasteiger partial charge on any atom is 0.326 e. The van der Waals surface area contributed by atoms with E-state index in [4.69, 9.17) is 16.3 Å². The molecule has 3 aliphatic rings. The minimum absolute atomic E-state index is 0.0777. The molecule has 10 heteroatoms. The first-order chi connectivity index (χ1) is 14.2. The lowest BCUT2D eigenvalue weighted by atomic mass is 9.81. The molecule has 3 amide bonds. The molecule has 160 valence electrons. The molecule has 2 bridgehead atoms. The molecule has 30 heavy (non-hydrogen) atoms. The van der Waals surface area contributed by atoms with Gasteiger partial charge in [0.15, 0.2) is 6.61 Å². The number of aryl methyl sites for hydroxylation is 1. The van der Waals surface area contributed by atoms with Gasteiger partial charge in [-0.3, -0.25) is 24.1 Å². The zero-order chi connectivity index (χ0) is 21.7. The Morgan fingerprint density at radius 2 is 1.77 bits per heavy atom. The quantitative estimate of drug-likeness (QED) is 0.339. The monoisotopic (exact) mass is 560 g/mol. The number of anilines is 1. The summed E-state index contributed by atoms with van der Waals surface area (Å²) in [5.41, 5.74) is 1.35. The van der Waals surface area contributed by atoms with Crippen molar-refractivity contribution in [3.05, 3.63) is 28.8 Å². The number of fused-ring (bicyclic) bond motifs is 5. The van der Waals surface area contributed by atoms with Crippen molar-refractivity contribution < 1.29 is 23.9 Å². The van der Waals surface area contributed by atoms with Crippen LogP contribution in [0.15, 0.2) is 18.2 Å². The van der Waals surface area contributed by atoms with Gasteiger partial charge in [-0.25, -0.2) is 0 Å². The van der Waals surface area contributed by atoms with Crippen LogP contribution < -0.4 is 5.32 Å². The van der Waals surface area contributed by atoms with E-state index in [-0.39, 0.29) is 45.1 Å². The molecule has 2 saturated carbocycles. The van der Waals surface area contributed by atoms with Crippen LogP contribution in [-0.4, -0.2) is 51.4 Å². The molecular formula is C20H19Br2ClN2O5. The first kappa shape index (κ1) is 21.8. The fourth-order valence-corrected chi connectivity index (χ4v) is 6.81. The van der Waals surface area contributed by atoms with Gasteiger partial charge in [-0.05, 0) is 42.9 Å². The molecule has 0 unspecified atom stereocenters. The Hall–Kier alpha value is -1.45. The van der Waals surface area contributed by atoms with Gasteiger partial charge in [-0.1, -0.05) is 49.5 Å². The van der Waals surface area contributed by atoms with Crippen LogP contribution >= 0.6 is 43.5 Å². The lowest BCUT2D eigenvalue weighted by Gasteiger charge is -2.28. The highest BCUT2D eigenvalue weighted by molar-refractivity contribution is 9.12. The maximum absolute atomic E-state index is 12.8. The van der Waals surface area contributed by atoms with Gasteiger partial charge in [0.25, 0.3) is 5.91 Å². The number of hydrogen-bond donors (Lipinski definition) is 1. The van der Waals surface area contributed by atoms with Gasteiger partial charge in [0.1, 0.15) is 6.54 Å². The minimum Gasteiger partial charge on any atom is -0.454 e. The highest BCUT2D eigenvalue weighted by Crippen LogP contribution is 2.60. The van der Waals surface area contributed by atoms with Gasteiger partial charge in [0, 0.05) is 20.4 Å². The van der Waals surface area contributed by atoms with Crippen molar-refractivity contribution in [1.29, 1.82) is 0 Å². The Morgan fingerprint density at radius 3 is 2.33 bits per heavy atom. The summed E-state index contributed by atoms with van der Waals surface area (Å²) in [7, 11) is 0. The fourth-order valence-electron chi connectivity index (χ4n) is 4.75. The molecule has 0 radical (unpaired) electrons. The van der Waals surface area contributed by atoms with E-state index in [0.717, 1.165) is 16.9 Å². The van der Waals surface area contributed by atoms with E-state index < -0.39 is 25.0 Å². The van der Waals surface area contributed by atoms with Crippen molar-refractivity contribution in [3.8, 4) is 0 Å². The summed E-state index contributed by atoms with van der Waals surface area (Å²) in [6, 6.07) is 5.04. The number of carbonyl (C=O) groups excluding carboxylic acids is 4. The topological polar surface area (TPSA) is 92.8 Å². The number of esters is 1. The summed E-state index contributed by atoms with van der Waals surface area (Å²) in [5, 5.41) is 3.09. The third-order valence-electron chi connectivity index (χ3n) is 6.19. The van der Waals surface area contributed by atoms with E-state index in [1.165, 1.54) is 0 Å². The number of nitrogens with one attached hydrogen (secondary N) is 1. The number of amides is 3. The number of benzene rings is 1. The molecule has 1 aromatic carbocycles. The molecule has 1 heterocycles. The number of likely N-dealkylation sites (tertiary alicyclic amines) is 1. The SMILES string of the molecule is Cc1ccc(NC(=O)COC(=O)CN2C(=O)[C@@H]3[C@H]4C[C@@H]([C@@H](Br)[C@H]4Br)[C@H]3C2=O)cc1Cl. The van der Waals surface area contributed by atoms with Gasteiger partial charge in [-0.15, -0.1) is 0 Å². The lowest BCUT2D eigenvalue weighted by molar-refractivity contribution is -0.154. The molecular weight excluding hydrogens is 543 g/mol. The maximum atomic E-state index is 12.8. The molecule has 1 aliphatic heterocycles. The molecule has 6 atom stereocenters. The Morgan fingerprint density at radius 1 is 1.17 bits per heavy atom. The molecule has 2 aliphatic carbocycles. The number of imide groups is 1. The zero-order valence-electron chi connectivity index (χ0n) is 15.9. The summed E-state index contributed by atoms with van der Waals surface area (Å²) >= 11 is 13.3. The van der Waals surface area contributed by atoms with Crippen molar-refractivity contribution in [3.63, 3.8) is 0 Å². The average Bonchev–Trinajstić information content (AvgIpc) is 3.30. The number of carbonyl (C=O) groups is 4. The predicted octanol–water partition coefficient (Wildman–Crippen LogP) is 2.91. The van der Waals surface area contributed by atoms with E-state index in [2.05, 4.69) is 37.2 Å². The van der Waals surface area contributed by atoms with Crippen molar-refractivity contribution >= 4 is 72.8 Å². The number of hydrogen-bond acceptors (Lipinski definition) is 5. The average molecular weight is 563 g/mol. The summed E-state index contributed by atoms with van der Waals surface area (Å²) in [6.07, 6.45) is 0.820. The summed E-state index contributed by atoms with van der Waals surface area (Å²) in [4.78, 5) is 51.0. The smallest absolute Gasteiger partial charge is 0.326 e. The number of ether oxygens (including phenoxy) is 1. The van der Waals surface area contributed by atoms with Crippen molar-refractivity contribution in [1.82, 2.24) is 4.90 Å². The number of halogens is 3. The summed E-state index contributed by atoms with van der Waals surface area (Å²) in [5.74, 6) is -2.60. The molecule has 1 N–H and O–H groups in total. The van der Waals surface area contributed by atoms with Crippen LogP contribution in [0.4, 0.5) is 5.69 Å². The van der Waals surface area contributed by atoms with Crippen LogP contribution in [0.3, 0.4) is 0 Å². The molecule has 1 saturated heterocycles. The van der Waals surface area contributed by atoms with E-state index >= 15 is 0 Å². The van der Waals surface area contributed by atoms with Crippen molar-refractivity contribution in [2.75, 3.05) is 18.5 Å². The summed E-state index contributed by atoms with van der Waals surface area (Å²) < 4.78 is 4.97. The molecule has 1 aromatic rings. The minimum atomic E-state index is -0.799. The third-order valence-corrected chi connectivity index (χ3v) is 9.80. The van der Waals surface area contributed by atoms with Gasteiger partial charge >= 0.3 is 5.97 Å². The van der Waals surface area contributed by atoms with Gasteiger partial charge in [0.2, 0.25) is 11.8 Å². The fraction of sp³-hybridized carbons (Fsp3) is 0.500. The molecule has 3 fully saturated rings. The third kappa shape index (κ3) is 3.69. The largest absolute Gasteiger partial charge is 0.454 e. The van der Waals surface area contributed by atoms with E-state index in [1.54, 1.807) is 18.2 Å². The van der Waals surface area contributed by atoms with Crippen LogP contribution in [0, 0.1) is 30.6 Å². The van der Waals surface area contributed by atoms with Crippen molar-refractivity contribution in [2.24, 2.45) is 23.7 Å². The predicted molar refractivity (Wildman–Crippen MR) is 117 cm³/mol. The second-order valence-corrected chi connectivity index (χ2v) is 10.5. The van der Waals surface area contributed by atoms with Crippen LogP contribution in [0.1, 0.15) is 12.0 Å². The lowest BCUT2D eigenvalue weighted by Crippen LogP contribution is -2.38. The Labute approximate surface area is 195 Å². The Bertz CT molecular complexity index is 910. The number of rotatable bonds is 5.